The van der Waals surface area contributed by atoms with Gasteiger partial charge in [-0.3, -0.25) is 9.56 Å². The van der Waals surface area contributed by atoms with Crippen LogP contribution in [0, 0.1) is 11.6 Å². The molecule has 120 valence electrons. The summed E-state index contributed by atoms with van der Waals surface area (Å²) in [4.78, 5) is 4.38. The standard InChI is InChI=1S/C16H8BrClF2N4/c17-8-4-5-11-14(15(8)18)16(13-9(19)2-1-3-10(13)20)21-6-12-23-22-7-24(11)12/h1-5,7H,6H2. The fraction of sp³-hybridized carbons (Fsp3) is 0.0625. The lowest BCUT2D eigenvalue weighted by molar-refractivity contribution is 0.579. The zero-order valence-electron chi connectivity index (χ0n) is 12.0. The Morgan fingerprint density at radius 3 is 2.58 bits per heavy atom. The fourth-order valence-corrected chi connectivity index (χ4v) is 3.27. The Bertz CT molecular complexity index is 979. The molecule has 0 aliphatic carbocycles. The molecule has 1 aliphatic rings. The van der Waals surface area contributed by atoms with Gasteiger partial charge in [-0.2, -0.15) is 0 Å². The summed E-state index contributed by atoms with van der Waals surface area (Å²) in [5.41, 5.74) is 0.977. The molecule has 0 saturated heterocycles. The highest BCUT2D eigenvalue weighted by Crippen LogP contribution is 2.35. The first-order valence-electron chi connectivity index (χ1n) is 6.94. The molecular weight excluding hydrogens is 402 g/mol. The van der Waals surface area contributed by atoms with Gasteiger partial charge >= 0.3 is 0 Å². The highest BCUT2D eigenvalue weighted by molar-refractivity contribution is 9.10. The Morgan fingerprint density at radius 1 is 1.08 bits per heavy atom. The van der Waals surface area contributed by atoms with E-state index in [0.29, 0.717) is 26.6 Å². The van der Waals surface area contributed by atoms with Gasteiger partial charge in [0.05, 0.1) is 22.0 Å². The van der Waals surface area contributed by atoms with Crippen LogP contribution >= 0.6 is 27.5 Å². The van der Waals surface area contributed by atoms with Crippen LogP contribution in [0.5, 0.6) is 0 Å². The van der Waals surface area contributed by atoms with Crippen molar-refractivity contribution >= 4 is 33.2 Å². The van der Waals surface area contributed by atoms with Gasteiger partial charge in [-0.1, -0.05) is 17.7 Å². The van der Waals surface area contributed by atoms with E-state index in [1.54, 1.807) is 16.7 Å². The Morgan fingerprint density at radius 2 is 1.83 bits per heavy atom. The number of hydrogen-bond acceptors (Lipinski definition) is 3. The topological polar surface area (TPSA) is 43.1 Å². The zero-order chi connectivity index (χ0) is 16.8. The molecule has 0 saturated carbocycles. The molecule has 0 amide bonds. The first-order chi connectivity index (χ1) is 11.6. The number of hydrogen-bond donors (Lipinski definition) is 0. The molecule has 2 heterocycles. The molecule has 0 unspecified atom stereocenters. The average Bonchev–Trinajstić information content (AvgIpc) is 2.96. The van der Waals surface area contributed by atoms with E-state index in [4.69, 9.17) is 11.6 Å². The van der Waals surface area contributed by atoms with Crippen molar-refractivity contribution in [3.63, 3.8) is 0 Å². The summed E-state index contributed by atoms with van der Waals surface area (Å²) < 4.78 is 31.0. The zero-order valence-corrected chi connectivity index (χ0v) is 14.3. The van der Waals surface area contributed by atoms with Gasteiger partial charge in [-0.15, -0.1) is 10.2 Å². The minimum absolute atomic E-state index is 0.131. The summed E-state index contributed by atoms with van der Waals surface area (Å²) in [6, 6.07) is 7.22. The summed E-state index contributed by atoms with van der Waals surface area (Å²) in [7, 11) is 0. The summed E-state index contributed by atoms with van der Waals surface area (Å²) in [6.07, 6.45) is 1.52. The summed E-state index contributed by atoms with van der Waals surface area (Å²) in [5.74, 6) is -0.844. The van der Waals surface area contributed by atoms with E-state index < -0.39 is 11.6 Å². The molecule has 4 nitrogen and oxygen atoms in total. The van der Waals surface area contributed by atoms with Crippen molar-refractivity contribution in [2.45, 2.75) is 6.54 Å². The number of rotatable bonds is 1. The van der Waals surface area contributed by atoms with Crippen LogP contribution in [0.4, 0.5) is 8.78 Å². The molecule has 8 heteroatoms. The molecule has 0 spiro atoms. The highest BCUT2D eigenvalue weighted by Gasteiger charge is 2.27. The van der Waals surface area contributed by atoms with Crippen molar-refractivity contribution in [1.29, 1.82) is 0 Å². The number of aromatic nitrogens is 3. The minimum Gasteiger partial charge on any atom is -0.283 e. The normalized spacial score (nSPS) is 13.1. The number of halogens is 4. The van der Waals surface area contributed by atoms with Gasteiger partial charge in [0.25, 0.3) is 0 Å². The van der Waals surface area contributed by atoms with Gasteiger partial charge in [0.1, 0.15) is 24.5 Å². The van der Waals surface area contributed by atoms with Crippen molar-refractivity contribution < 1.29 is 8.78 Å². The number of fused-ring (bicyclic) bond motifs is 3. The van der Waals surface area contributed by atoms with Crippen LogP contribution in [0.2, 0.25) is 5.02 Å². The molecule has 1 aromatic heterocycles. The van der Waals surface area contributed by atoms with Gasteiger partial charge in [0, 0.05) is 10.0 Å². The Balaban J connectivity index is 2.09. The van der Waals surface area contributed by atoms with Crippen LogP contribution in [0.25, 0.3) is 5.69 Å². The summed E-state index contributed by atoms with van der Waals surface area (Å²) in [5, 5.41) is 8.19. The van der Waals surface area contributed by atoms with Gasteiger partial charge in [-0.05, 0) is 40.2 Å². The smallest absolute Gasteiger partial charge is 0.159 e. The van der Waals surface area contributed by atoms with Crippen LogP contribution in [-0.2, 0) is 6.54 Å². The van der Waals surface area contributed by atoms with E-state index in [1.807, 2.05) is 0 Å². The summed E-state index contributed by atoms with van der Waals surface area (Å²) >= 11 is 9.79. The molecule has 0 N–H and O–H groups in total. The average molecular weight is 410 g/mol. The Hall–Kier alpha value is -2.12. The third-order valence-corrected chi connectivity index (χ3v) is 5.05. The Kier molecular flexibility index (Phi) is 3.69. The largest absolute Gasteiger partial charge is 0.283 e. The molecule has 24 heavy (non-hydrogen) atoms. The van der Waals surface area contributed by atoms with E-state index in [0.717, 1.165) is 0 Å². The van der Waals surface area contributed by atoms with Gasteiger partial charge in [0.2, 0.25) is 0 Å². The lowest BCUT2D eigenvalue weighted by Gasteiger charge is -2.15. The molecular formula is C16H8BrClF2N4. The molecule has 0 fully saturated rings. The lowest BCUT2D eigenvalue weighted by Crippen LogP contribution is -2.12. The van der Waals surface area contributed by atoms with Crippen LogP contribution in [0.1, 0.15) is 17.0 Å². The van der Waals surface area contributed by atoms with Crippen LogP contribution < -0.4 is 0 Å². The van der Waals surface area contributed by atoms with Crippen molar-refractivity contribution in [2.24, 2.45) is 4.99 Å². The predicted octanol–water partition coefficient (Wildman–Crippen LogP) is 4.31. The predicted molar refractivity (Wildman–Crippen MR) is 89.8 cm³/mol. The lowest BCUT2D eigenvalue weighted by atomic mass is 9.99. The second kappa shape index (κ2) is 5.75. The summed E-state index contributed by atoms with van der Waals surface area (Å²) in [6.45, 7) is 0.131. The molecule has 0 radical (unpaired) electrons. The molecule has 4 rings (SSSR count). The van der Waals surface area contributed by atoms with Crippen LogP contribution in [0.3, 0.4) is 0 Å². The van der Waals surface area contributed by atoms with E-state index >= 15 is 0 Å². The second-order valence-corrected chi connectivity index (χ2v) is 6.37. The third kappa shape index (κ3) is 2.27. The number of nitrogens with zero attached hydrogens (tertiary/aromatic N) is 4. The van der Waals surface area contributed by atoms with Gasteiger partial charge in [-0.25, -0.2) is 8.78 Å². The Labute approximate surface area is 148 Å². The third-order valence-electron chi connectivity index (χ3n) is 3.77. The monoisotopic (exact) mass is 408 g/mol. The molecule has 0 bridgehead atoms. The second-order valence-electron chi connectivity index (χ2n) is 5.13. The van der Waals surface area contributed by atoms with Crippen molar-refractivity contribution in [3.05, 3.63) is 74.7 Å². The first kappa shape index (κ1) is 15.4. The molecule has 2 aromatic carbocycles. The maximum atomic E-state index is 14.3. The maximum Gasteiger partial charge on any atom is 0.159 e. The molecule has 3 aromatic rings. The van der Waals surface area contributed by atoms with Crippen molar-refractivity contribution in [2.75, 3.05) is 0 Å². The van der Waals surface area contributed by atoms with Crippen LogP contribution in [-0.4, -0.2) is 20.5 Å². The fourth-order valence-electron chi connectivity index (χ4n) is 2.69. The first-order valence-corrected chi connectivity index (χ1v) is 8.11. The van der Waals surface area contributed by atoms with E-state index in [9.17, 15) is 8.78 Å². The number of benzene rings is 2. The molecule has 0 atom stereocenters. The van der Waals surface area contributed by atoms with Gasteiger partial charge < -0.3 is 0 Å². The van der Waals surface area contributed by atoms with Crippen LogP contribution in [0.15, 0.2) is 46.1 Å². The SMILES string of the molecule is Fc1cccc(F)c1C1=NCc2nncn2-c2ccc(Br)c(Cl)c21. The minimum atomic E-state index is -0.701. The van der Waals surface area contributed by atoms with E-state index in [1.165, 1.54) is 24.5 Å². The maximum absolute atomic E-state index is 14.3. The highest BCUT2D eigenvalue weighted by atomic mass is 79.9. The van der Waals surface area contributed by atoms with Gasteiger partial charge in [0.15, 0.2) is 5.82 Å². The number of aliphatic imine (C=N–C) groups is 1. The van der Waals surface area contributed by atoms with Crippen molar-refractivity contribution in [1.82, 2.24) is 14.8 Å². The quantitative estimate of drug-likeness (QED) is 0.601. The van der Waals surface area contributed by atoms with E-state index in [2.05, 4.69) is 31.1 Å². The van der Waals surface area contributed by atoms with Crippen molar-refractivity contribution in [3.8, 4) is 5.69 Å². The molecule has 1 aliphatic heterocycles. The van der Waals surface area contributed by atoms with E-state index in [-0.39, 0.29) is 17.8 Å².